The Labute approximate surface area is 175 Å². The van der Waals surface area contributed by atoms with Gasteiger partial charge in [0, 0.05) is 18.7 Å². The molecule has 7 heteroatoms. The highest BCUT2D eigenvalue weighted by Gasteiger charge is 2.35. The van der Waals surface area contributed by atoms with Crippen molar-refractivity contribution in [3.63, 3.8) is 0 Å². The van der Waals surface area contributed by atoms with Crippen LogP contribution in [0.2, 0.25) is 0 Å². The first kappa shape index (κ1) is 21.2. The fraction of sp³-hybridized carbons (Fsp3) is 0.304. The molecule has 3 amide bonds. The lowest BCUT2D eigenvalue weighted by atomic mass is 10.1. The van der Waals surface area contributed by atoms with Crippen molar-refractivity contribution in [3.8, 4) is 0 Å². The molecule has 3 rings (SSSR count). The van der Waals surface area contributed by atoms with Crippen LogP contribution in [0.1, 0.15) is 51.6 Å². The van der Waals surface area contributed by atoms with Crippen LogP contribution in [0, 0.1) is 6.92 Å². The van der Waals surface area contributed by atoms with E-state index in [-0.39, 0.29) is 37.8 Å². The van der Waals surface area contributed by atoms with Crippen LogP contribution in [0.3, 0.4) is 0 Å². The fourth-order valence-electron chi connectivity index (χ4n) is 3.23. The summed E-state index contributed by atoms with van der Waals surface area (Å²) >= 11 is 0. The molecule has 0 aromatic heterocycles. The number of hydrogen-bond donors (Lipinski definition) is 1. The van der Waals surface area contributed by atoms with Crippen molar-refractivity contribution in [3.05, 3.63) is 64.7 Å². The molecule has 0 saturated heterocycles. The van der Waals surface area contributed by atoms with Gasteiger partial charge in [-0.15, -0.1) is 0 Å². The van der Waals surface area contributed by atoms with E-state index < -0.39 is 11.9 Å². The van der Waals surface area contributed by atoms with Gasteiger partial charge in [0.2, 0.25) is 0 Å². The summed E-state index contributed by atoms with van der Waals surface area (Å²) in [5.41, 5.74) is 3.48. The Morgan fingerprint density at radius 1 is 1.00 bits per heavy atom. The molecule has 2 aromatic rings. The fourth-order valence-corrected chi connectivity index (χ4v) is 3.23. The van der Waals surface area contributed by atoms with Crippen molar-refractivity contribution >= 4 is 29.4 Å². The van der Waals surface area contributed by atoms with Crippen molar-refractivity contribution in [1.82, 2.24) is 4.90 Å². The largest absolute Gasteiger partial charge is 0.456 e. The summed E-state index contributed by atoms with van der Waals surface area (Å²) in [6.45, 7) is 3.63. The molecule has 1 heterocycles. The minimum Gasteiger partial charge on any atom is -0.456 e. The molecular weight excluding hydrogens is 384 g/mol. The summed E-state index contributed by atoms with van der Waals surface area (Å²) in [5, 5.41) is 2.66. The lowest BCUT2D eigenvalue weighted by Gasteiger charge is -2.13. The molecule has 1 aliphatic rings. The number of fused-ring (bicyclic) bond motifs is 1. The molecule has 0 unspecified atom stereocenters. The van der Waals surface area contributed by atoms with Crippen LogP contribution < -0.4 is 5.32 Å². The van der Waals surface area contributed by atoms with Crippen LogP contribution in [0.4, 0.5) is 5.69 Å². The molecule has 0 atom stereocenters. The summed E-state index contributed by atoms with van der Waals surface area (Å²) in [7, 11) is 0. The minimum absolute atomic E-state index is 0.00487. The average Bonchev–Trinajstić information content (AvgIpc) is 2.97. The van der Waals surface area contributed by atoms with E-state index in [0.717, 1.165) is 22.4 Å². The molecule has 30 heavy (non-hydrogen) atoms. The number of anilines is 1. The summed E-state index contributed by atoms with van der Waals surface area (Å²) < 4.78 is 4.98. The number of nitrogens with zero attached hydrogens (tertiary/aromatic N) is 1. The van der Waals surface area contributed by atoms with E-state index in [0.29, 0.717) is 16.8 Å². The SMILES string of the molecule is CCc1ccc(NC(=O)COC(=O)CCCN2C(=O)c3ccc(C)cc3C2=O)cc1. The predicted molar refractivity (Wildman–Crippen MR) is 111 cm³/mol. The van der Waals surface area contributed by atoms with Gasteiger partial charge in [-0.05, 0) is 49.6 Å². The maximum Gasteiger partial charge on any atom is 0.306 e. The number of benzene rings is 2. The van der Waals surface area contributed by atoms with Gasteiger partial charge in [-0.3, -0.25) is 24.1 Å². The van der Waals surface area contributed by atoms with E-state index in [4.69, 9.17) is 4.74 Å². The van der Waals surface area contributed by atoms with Crippen molar-refractivity contribution in [2.45, 2.75) is 33.1 Å². The zero-order valence-electron chi connectivity index (χ0n) is 17.1. The van der Waals surface area contributed by atoms with Crippen LogP contribution in [0.25, 0.3) is 0 Å². The number of carbonyl (C=O) groups is 4. The highest BCUT2D eigenvalue weighted by molar-refractivity contribution is 6.21. The number of imide groups is 1. The van der Waals surface area contributed by atoms with E-state index in [1.165, 1.54) is 0 Å². The predicted octanol–water partition coefficient (Wildman–Crippen LogP) is 3.12. The average molecular weight is 408 g/mol. The molecule has 156 valence electrons. The second-order valence-corrected chi connectivity index (χ2v) is 7.17. The van der Waals surface area contributed by atoms with E-state index in [9.17, 15) is 19.2 Å². The van der Waals surface area contributed by atoms with Crippen LogP contribution in [0.5, 0.6) is 0 Å². The highest BCUT2D eigenvalue weighted by Crippen LogP contribution is 2.24. The van der Waals surface area contributed by atoms with Crippen molar-refractivity contribution in [2.75, 3.05) is 18.5 Å². The number of esters is 1. The standard InChI is InChI=1S/C23H24N2O5/c1-3-16-7-9-17(10-8-16)24-20(26)14-30-21(27)5-4-12-25-22(28)18-11-6-15(2)13-19(18)23(25)29/h6-11,13H,3-5,12,14H2,1-2H3,(H,24,26). The third-order valence-electron chi connectivity index (χ3n) is 4.90. The van der Waals surface area contributed by atoms with Gasteiger partial charge in [0.25, 0.3) is 17.7 Å². The first-order chi connectivity index (χ1) is 14.4. The molecule has 1 N–H and O–H groups in total. The van der Waals surface area contributed by atoms with Gasteiger partial charge in [-0.1, -0.05) is 30.7 Å². The maximum atomic E-state index is 12.4. The second kappa shape index (κ2) is 9.35. The second-order valence-electron chi connectivity index (χ2n) is 7.17. The van der Waals surface area contributed by atoms with Crippen molar-refractivity contribution in [2.24, 2.45) is 0 Å². The van der Waals surface area contributed by atoms with Crippen molar-refractivity contribution in [1.29, 1.82) is 0 Å². The number of carbonyl (C=O) groups excluding carboxylic acids is 4. The van der Waals surface area contributed by atoms with Crippen LogP contribution in [0.15, 0.2) is 42.5 Å². The normalized spacial score (nSPS) is 12.7. The first-order valence-corrected chi connectivity index (χ1v) is 9.90. The zero-order valence-corrected chi connectivity index (χ0v) is 17.1. The number of rotatable bonds is 8. The summed E-state index contributed by atoms with van der Waals surface area (Å²) in [5.74, 6) is -1.68. The van der Waals surface area contributed by atoms with E-state index in [1.54, 1.807) is 30.3 Å². The van der Waals surface area contributed by atoms with Crippen LogP contribution in [-0.4, -0.2) is 41.7 Å². The Balaban J connectivity index is 1.40. The Morgan fingerprint density at radius 3 is 2.40 bits per heavy atom. The van der Waals surface area contributed by atoms with Crippen LogP contribution in [-0.2, 0) is 20.7 Å². The molecule has 2 aromatic carbocycles. The van der Waals surface area contributed by atoms with E-state index >= 15 is 0 Å². The third kappa shape index (κ3) is 4.92. The van der Waals surface area contributed by atoms with Gasteiger partial charge in [-0.25, -0.2) is 0 Å². The summed E-state index contributed by atoms with van der Waals surface area (Å²) in [4.78, 5) is 49.7. The third-order valence-corrected chi connectivity index (χ3v) is 4.90. The van der Waals surface area contributed by atoms with Gasteiger partial charge >= 0.3 is 5.97 Å². The smallest absolute Gasteiger partial charge is 0.306 e. The van der Waals surface area contributed by atoms with Gasteiger partial charge in [0.05, 0.1) is 11.1 Å². The molecule has 0 bridgehead atoms. The molecule has 1 aliphatic heterocycles. The number of nitrogens with one attached hydrogen (secondary N) is 1. The molecular formula is C23H24N2O5. The maximum absolute atomic E-state index is 12.4. The first-order valence-electron chi connectivity index (χ1n) is 9.90. The lowest BCUT2D eigenvalue weighted by molar-refractivity contribution is -0.147. The summed E-state index contributed by atoms with van der Waals surface area (Å²) in [6, 6.07) is 12.6. The topological polar surface area (TPSA) is 92.8 Å². The Bertz CT molecular complexity index is 982. The Kier molecular flexibility index (Phi) is 6.61. The number of aryl methyl sites for hydroxylation is 2. The minimum atomic E-state index is -0.557. The number of hydrogen-bond acceptors (Lipinski definition) is 5. The monoisotopic (exact) mass is 408 g/mol. The lowest BCUT2D eigenvalue weighted by Crippen LogP contribution is -2.31. The van der Waals surface area contributed by atoms with Crippen LogP contribution >= 0.6 is 0 Å². The van der Waals surface area contributed by atoms with Gasteiger partial charge < -0.3 is 10.1 Å². The molecule has 0 spiro atoms. The zero-order chi connectivity index (χ0) is 21.7. The number of ether oxygens (including phenoxy) is 1. The summed E-state index contributed by atoms with van der Waals surface area (Å²) in [6.07, 6.45) is 1.18. The molecule has 0 radical (unpaired) electrons. The number of amides is 3. The van der Waals surface area contributed by atoms with Gasteiger partial charge in [-0.2, -0.15) is 0 Å². The Hall–Kier alpha value is -3.48. The quantitative estimate of drug-likeness (QED) is 0.535. The van der Waals surface area contributed by atoms with Gasteiger partial charge in [0.1, 0.15) is 0 Å². The highest BCUT2D eigenvalue weighted by atomic mass is 16.5. The van der Waals surface area contributed by atoms with E-state index in [1.807, 2.05) is 26.0 Å². The molecule has 0 fully saturated rings. The molecule has 7 nitrogen and oxygen atoms in total. The van der Waals surface area contributed by atoms with Crippen molar-refractivity contribution < 1.29 is 23.9 Å². The van der Waals surface area contributed by atoms with Gasteiger partial charge in [0.15, 0.2) is 6.61 Å². The molecule has 0 aliphatic carbocycles. The Morgan fingerprint density at radius 2 is 1.70 bits per heavy atom. The molecule has 0 saturated carbocycles. The van der Waals surface area contributed by atoms with E-state index in [2.05, 4.69) is 5.32 Å².